The highest BCUT2D eigenvalue weighted by molar-refractivity contribution is 9.10. The van der Waals surface area contributed by atoms with Crippen LogP contribution in [0.2, 0.25) is 0 Å². The maximum Gasteiger partial charge on any atom is 0.150 e. The molecule has 5 aromatic rings. The van der Waals surface area contributed by atoms with E-state index in [1.165, 1.54) is 0 Å². The number of nitrogens with zero attached hydrogens (tertiary/aromatic N) is 4. The summed E-state index contributed by atoms with van der Waals surface area (Å²) < 4.78 is 3.15. The summed E-state index contributed by atoms with van der Waals surface area (Å²) in [7, 11) is 0. The van der Waals surface area contributed by atoms with Gasteiger partial charge in [0.25, 0.3) is 0 Å². The quantitative estimate of drug-likeness (QED) is 0.360. The zero-order valence-corrected chi connectivity index (χ0v) is 17.6. The zero-order chi connectivity index (χ0) is 20.3. The third-order valence-corrected chi connectivity index (χ3v) is 5.48. The fourth-order valence-electron chi connectivity index (χ4n) is 3.52. The summed E-state index contributed by atoms with van der Waals surface area (Å²) in [6.07, 6.45) is 7.37. The Hall–Kier alpha value is -3.51. The Morgan fingerprint density at radius 3 is 2.50 bits per heavy atom. The second kappa shape index (κ2) is 8.08. The summed E-state index contributed by atoms with van der Waals surface area (Å²) in [5.74, 6) is 0.804. The molecule has 2 aromatic carbocycles. The molecule has 0 amide bonds. The number of nitrogens with one attached hydrogen (secondary N) is 1. The monoisotopic (exact) mass is 455 g/mol. The van der Waals surface area contributed by atoms with Crippen molar-refractivity contribution >= 4 is 32.8 Å². The number of hydrogen-bond donors (Lipinski definition) is 1. The molecule has 3 heterocycles. The van der Waals surface area contributed by atoms with Gasteiger partial charge in [-0.05, 0) is 41.5 Å². The van der Waals surface area contributed by atoms with Crippen LogP contribution in [0.5, 0.6) is 0 Å². The van der Waals surface area contributed by atoms with Crippen LogP contribution in [0.1, 0.15) is 5.56 Å². The standard InChI is InChI=1S/C24H18BrN5/c25-19-8-10-20(11-9-19)30-15-21(18-6-2-1-3-7-18)22-23(28-16-29-24(22)30)27-14-17-5-4-12-26-13-17/h1-13,15-16H,14H2,(H,27,28,29). The molecule has 0 bridgehead atoms. The summed E-state index contributed by atoms with van der Waals surface area (Å²) in [6, 6.07) is 22.5. The van der Waals surface area contributed by atoms with Gasteiger partial charge in [-0.1, -0.05) is 52.3 Å². The second-order valence-corrected chi connectivity index (χ2v) is 7.81. The first-order valence-corrected chi connectivity index (χ1v) is 10.4. The van der Waals surface area contributed by atoms with Crippen LogP contribution in [0, 0.1) is 0 Å². The van der Waals surface area contributed by atoms with Gasteiger partial charge < -0.3 is 9.88 Å². The van der Waals surface area contributed by atoms with Gasteiger partial charge in [0.2, 0.25) is 0 Å². The van der Waals surface area contributed by atoms with E-state index in [4.69, 9.17) is 0 Å². The van der Waals surface area contributed by atoms with E-state index in [2.05, 4.69) is 71.2 Å². The van der Waals surface area contributed by atoms with Crippen molar-refractivity contribution in [1.29, 1.82) is 0 Å². The number of rotatable bonds is 5. The molecule has 146 valence electrons. The third-order valence-electron chi connectivity index (χ3n) is 4.96. The normalized spacial score (nSPS) is 11.0. The molecule has 0 spiro atoms. The molecule has 0 radical (unpaired) electrons. The van der Waals surface area contributed by atoms with Gasteiger partial charge in [-0.2, -0.15) is 0 Å². The molecule has 0 saturated heterocycles. The minimum atomic E-state index is 0.637. The molecule has 0 unspecified atom stereocenters. The van der Waals surface area contributed by atoms with Crippen LogP contribution in [-0.2, 0) is 6.54 Å². The van der Waals surface area contributed by atoms with Crippen molar-refractivity contribution in [2.75, 3.05) is 5.32 Å². The maximum atomic E-state index is 4.63. The van der Waals surface area contributed by atoms with Crippen LogP contribution in [0.3, 0.4) is 0 Å². The smallest absolute Gasteiger partial charge is 0.150 e. The summed E-state index contributed by atoms with van der Waals surface area (Å²) in [6.45, 7) is 0.637. The lowest BCUT2D eigenvalue weighted by Crippen LogP contribution is -2.03. The minimum absolute atomic E-state index is 0.637. The molecule has 1 N–H and O–H groups in total. The van der Waals surface area contributed by atoms with Crippen LogP contribution < -0.4 is 5.32 Å². The molecule has 0 aliphatic carbocycles. The Morgan fingerprint density at radius 1 is 0.900 bits per heavy atom. The van der Waals surface area contributed by atoms with Crippen molar-refractivity contribution in [2.45, 2.75) is 6.54 Å². The SMILES string of the molecule is Brc1ccc(-n2cc(-c3ccccc3)c3c(NCc4cccnc4)ncnc32)cc1. The summed E-state index contributed by atoms with van der Waals surface area (Å²) in [5.41, 5.74) is 5.21. The van der Waals surface area contributed by atoms with E-state index in [0.717, 1.165) is 43.7 Å². The molecule has 5 nitrogen and oxygen atoms in total. The minimum Gasteiger partial charge on any atom is -0.365 e. The van der Waals surface area contributed by atoms with Gasteiger partial charge in [-0.15, -0.1) is 0 Å². The van der Waals surface area contributed by atoms with Crippen molar-refractivity contribution in [2.24, 2.45) is 0 Å². The molecule has 0 aliphatic heterocycles. The van der Waals surface area contributed by atoms with E-state index < -0.39 is 0 Å². The molecule has 0 fully saturated rings. The van der Waals surface area contributed by atoms with Gasteiger partial charge in [0.05, 0.1) is 5.39 Å². The van der Waals surface area contributed by atoms with Crippen molar-refractivity contribution < 1.29 is 0 Å². The average molecular weight is 456 g/mol. The van der Waals surface area contributed by atoms with Crippen LogP contribution in [-0.4, -0.2) is 19.5 Å². The zero-order valence-electron chi connectivity index (χ0n) is 16.0. The number of pyridine rings is 1. The van der Waals surface area contributed by atoms with Crippen molar-refractivity contribution in [1.82, 2.24) is 19.5 Å². The molecule has 0 atom stereocenters. The first kappa shape index (κ1) is 18.5. The molecule has 0 aliphatic rings. The lowest BCUT2D eigenvalue weighted by atomic mass is 10.1. The van der Waals surface area contributed by atoms with E-state index in [1.54, 1.807) is 12.5 Å². The fraction of sp³-hybridized carbons (Fsp3) is 0.0417. The van der Waals surface area contributed by atoms with Crippen molar-refractivity contribution in [3.05, 3.63) is 102 Å². The van der Waals surface area contributed by atoms with E-state index in [0.29, 0.717) is 6.54 Å². The molecule has 5 rings (SSSR count). The average Bonchev–Trinajstić information content (AvgIpc) is 3.20. The van der Waals surface area contributed by atoms with Crippen molar-refractivity contribution in [3.63, 3.8) is 0 Å². The third kappa shape index (κ3) is 3.57. The van der Waals surface area contributed by atoms with Crippen LogP contribution >= 0.6 is 15.9 Å². The Kier molecular flexibility index (Phi) is 4.99. The number of hydrogen-bond acceptors (Lipinski definition) is 4. The fourth-order valence-corrected chi connectivity index (χ4v) is 3.78. The topological polar surface area (TPSA) is 55.6 Å². The van der Waals surface area contributed by atoms with E-state index in [1.807, 2.05) is 48.7 Å². The Labute approximate surface area is 182 Å². The number of aromatic nitrogens is 4. The van der Waals surface area contributed by atoms with E-state index in [-0.39, 0.29) is 0 Å². The maximum absolute atomic E-state index is 4.63. The predicted molar refractivity (Wildman–Crippen MR) is 124 cm³/mol. The first-order chi connectivity index (χ1) is 14.8. The van der Waals surface area contributed by atoms with Gasteiger partial charge in [0.15, 0.2) is 5.65 Å². The van der Waals surface area contributed by atoms with Crippen LogP contribution in [0.25, 0.3) is 27.8 Å². The summed E-state index contributed by atoms with van der Waals surface area (Å²) in [5, 5.41) is 4.47. The highest BCUT2D eigenvalue weighted by atomic mass is 79.9. The number of halogens is 1. The summed E-state index contributed by atoms with van der Waals surface area (Å²) >= 11 is 3.51. The second-order valence-electron chi connectivity index (χ2n) is 6.89. The van der Waals surface area contributed by atoms with Gasteiger partial charge in [0, 0.05) is 40.9 Å². The highest BCUT2D eigenvalue weighted by Crippen LogP contribution is 2.35. The van der Waals surface area contributed by atoms with E-state index >= 15 is 0 Å². The predicted octanol–water partition coefficient (Wildman–Crippen LogP) is 5.86. The molecule has 0 saturated carbocycles. The molecule has 30 heavy (non-hydrogen) atoms. The molecular weight excluding hydrogens is 438 g/mol. The largest absolute Gasteiger partial charge is 0.365 e. The Bertz CT molecular complexity index is 1280. The lowest BCUT2D eigenvalue weighted by molar-refractivity contribution is 1.06. The van der Waals surface area contributed by atoms with Gasteiger partial charge >= 0.3 is 0 Å². The van der Waals surface area contributed by atoms with Crippen molar-refractivity contribution in [3.8, 4) is 16.8 Å². The first-order valence-electron chi connectivity index (χ1n) is 9.60. The number of benzene rings is 2. The highest BCUT2D eigenvalue weighted by Gasteiger charge is 2.17. The Balaban J connectivity index is 1.67. The van der Waals surface area contributed by atoms with Crippen LogP contribution in [0.4, 0.5) is 5.82 Å². The molecule has 6 heteroatoms. The van der Waals surface area contributed by atoms with Gasteiger partial charge in [-0.3, -0.25) is 4.98 Å². The van der Waals surface area contributed by atoms with Crippen LogP contribution in [0.15, 0.2) is 96.1 Å². The lowest BCUT2D eigenvalue weighted by Gasteiger charge is -2.09. The summed E-state index contributed by atoms with van der Waals surface area (Å²) in [4.78, 5) is 13.4. The molecule has 3 aromatic heterocycles. The van der Waals surface area contributed by atoms with E-state index in [9.17, 15) is 0 Å². The molecular formula is C24H18BrN5. The number of fused-ring (bicyclic) bond motifs is 1. The Morgan fingerprint density at radius 2 is 1.73 bits per heavy atom. The number of anilines is 1. The van der Waals surface area contributed by atoms with Gasteiger partial charge in [0.1, 0.15) is 12.1 Å². The van der Waals surface area contributed by atoms with Gasteiger partial charge in [-0.25, -0.2) is 9.97 Å².